The van der Waals surface area contributed by atoms with Crippen LogP contribution < -0.4 is 5.32 Å². The highest BCUT2D eigenvalue weighted by Crippen LogP contribution is 2.22. The lowest BCUT2D eigenvalue weighted by Gasteiger charge is -2.18. The molecule has 0 heterocycles. The second-order valence-corrected chi connectivity index (χ2v) is 7.50. The van der Waals surface area contributed by atoms with Gasteiger partial charge in [-0.15, -0.1) is 0 Å². The molecule has 0 saturated heterocycles. The molecule has 1 saturated carbocycles. The SMILES string of the molecule is CCCCCCCC(CNC1CC1)Cc1cccc(Br)c1. The summed E-state index contributed by atoms with van der Waals surface area (Å²) in [6, 6.07) is 9.65. The van der Waals surface area contributed by atoms with E-state index in [-0.39, 0.29) is 0 Å². The maximum atomic E-state index is 3.73. The molecule has 1 aliphatic rings. The number of rotatable bonds is 11. The van der Waals surface area contributed by atoms with Crippen molar-refractivity contribution in [3.05, 3.63) is 34.3 Å². The van der Waals surface area contributed by atoms with Crippen LogP contribution in [-0.2, 0) is 6.42 Å². The summed E-state index contributed by atoms with van der Waals surface area (Å²) in [6.45, 7) is 3.49. The number of unbranched alkanes of at least 4 members (excludes halogenated alkanes) is 4. The third-order valence-corrected chi connectivity index (χ3v) is 4.90. The molecule has 1 nitrogen and oxygen atoms in total. The van der Waals surface area contributed by atoms with E-state index in [1.165, 1.54) is 74.4 Å². The largest absolute Gasteiger partial charge is 0.314 e. The van der Waals surface area contributed by atoms with Crippen molar-refractivity contribution in [2.24, 2.45) is 5.92 Å². The molecule has 21 heavy (non-hydrogen) atoms. The van der Waals surface area contributed by atoms with Crippen molar-refractivity contribution in [3.8, 4) is 0 Å². The van der Waals surface area contributed by atoms with Gasteiger partial charge in [0, 0.05) is 10.5 Å². The van der Waals surface area contributed by atoms with Crippen LogP contribution in [0.1, 0.15) is 63.9 Å². The van der Waals surface area contributed by atoms with Crippen LogP contribution >= 0.6 is 15.9 Å². The third-order valence-electron chi connectivity index (χ3n) is 4.40. The normalized spacial score (nSPS) is 16.1. The fourth-order valence-electron chi connectivity index (χ4n) is 2.93. The fraction of sp³-hybridized carbons (Fsp3) is 0.684. The Labute approximate surface area is 139 Å². The van der Waals surface area contributed by atoms with Crippen molar-refractivity contribution < 1.29 is 0 Å². The monoisotopic (exact) mass is 351 g/mol. The van der Waals surface area contributed by atoms with Crippen LogP contribution in [0.15, 0.2) is 28.7 Å². The van der Waals surface area contributed by atoms with Gasteiger partial charge in [-0.25, -0.2) is 0 Å². The zero-order valence-corrected chi connectivity index (χ0v) is 15.0. The Morgan fingerprint density at radius 1 is 1.19 bits per heavy atom. The molecule has 118 valence electrons. The summed E-state index contributed by atoms with van der Waals surface area (Å²) in [6.07, 6.45) is 12.3. The van der Waals surface area contributed by atoms with Gasteiger partial charge in [0.05, 0.1) is 0 Å². The van der Waals surface area contributed by atoms with Gasteiger partial charge in [-0.2, -0.15) is 0 Å². The lowest BCUT2D eigenvalue weighted by Crippen LogP contribution is -2.26. The van der Waals surface area contributed by atoms with E-state index in [9.17, 15) is 0 Å². The Hall–Kier alpha value is -0.340. The average Bonchev–Trinajstić information content (AvgIpc) is 3.28. The highest BCUT2D eigenvalue weighted by atomic mass is 79.9. The van der Waals surface area contributed by atoms with E-state index in [4.69, 9.17) is 0 Å². The van der Waals surface area contributed by atoms with Crippen LogP contribution in [0, 0.1) is 5.92 Å². The molecular formula is C19H30BrN. The van der Waals surface area contributed by atoms with E-state index >= 15 is 0 Å². The summed E-state index contributed by atoms with van der Waals surface area (Å²) in [5, 5.41) is 3.73. The average molecular weight is 352 g/mol. The summed E-state index contributed by atoms with van der Waals surface area (Å²) in [5.41, 5.74) is 1.47. The van der Waals surface area contributed by atoms with E-state index in [2.05, 4.69) is 52.4 Å². The first-order chi connectivity index (χ1) is 10.3. The minimum atomic E-state index is 0.793. The molecule has 1 fully saturated rings. The molecule has 1 N–H and O–H groups in total. The predicted molar refractivity (Wildman–Crippen MR) is 95.7 cm³/mol. The van der Waals surface area contributed by atoms with Crippen molar-refractivity contribution in [3.63, 3.8) is 0 Å². The molecule has 0 radical (unpaired) electrons. The molecule has 1 aliphatic carbocycles. The summed E-state index contributed by atoms with van der Waals surface area (Å²) in [4.78, 5) is 0. The number of nitrogens with one attached hydrogen (secondary N) is 1. The molecule has 0 spiro atoms. The van der Waals surface area contributed by atoms with E-state index in [0.29, 0.717) is 0 Å². The van der Waals surface area contributed by atoms with E-state index in [1.54, 1.807) is 0 Å². The van der Waals surface area contributed by atoms with Crippen molar-refractivity contribution >= 4 is 15.9 Å². The first-order valence-electron chi connectivity index (χ1n) is 8.75. The molecule has 0 aromatic heterocycles. The Kier molecular flexibility index (Phi) is 7.81. The van der Waals surface area contributed by atoms with Crippen LogP contribution in [0.25, 0.3) is 0 Å². The van der Waals surface area contributed by atoms with Gasteiger partial charge < -0.3 is 5.32 Å². The minimum Gasteiger partial charge on any atom is -0.314 e. The van der Waals surface area contributed by atoms with Crippen molar-refractivity contribution in [1.29, 1.82) is 0 Å². The van der Waals surface area contributed by atoms with Crippen LogP contribution in [0.3, 0.4) is 0 Å². The second kappa shape index (κ2) is 9.63. The Morgan fingerprint density at radius 3 is 2.71 bits per heavy atom. The molecule has 1 atom stereocenters. The Bertz CT molecular complexity index is 400. The maximum absolute atomic E-state index is 3.73. The molecule has 1 aromatic carbocycles. The summed E-state index contributed by atoms with van der Waals surface area (Å²) in [5.74, 6) is 0.793. The number of benzene rings is 1. The lowest BCUT2D eigenvalue weighted by molar-refractivity contribution is 0.419. The van der Waals surface area contributed by atoms with Gasteiger partial charge >= 0.3 is 0 Å². The molecule has 0 amide bonds. The highest BCUT2D eigenvalue weighted by molar-refractivity contribution is 9.10. The van der Waals surface area contributed by atoms with Crippen LogP contribution in [0.5, 0.6) is 0 Å². The third kappa shape index (κ3) is 7.46. The van der Waals surface area contributed by atoms with Gasteiger partial charge in [0.2, 0.25) is 0 Å². The number of hydrogen-bond acceptors (Lipinski definition) is 1. The summed E-state index contributed by atoms with van der Waals surface area (Å²) >= 11 is 3.59. The van der Waals surface area contributed by atoms with Gasteiger partial charge in [-0.1, -0.05) is 67.1 Å². The number of hydrogen-bond donors (Lipinski definition) is 1. The standard InChI is InChI=1S/C19H30BrN/c1-2-3-4-5-6-8-17(15-21-19-11-12-19)13-16-9-7-10-18(20)14-16/h7,9-10,14,17,19,21H,2-6,8,11-13,15H2,1H3. The number of halogens is 1. The van der Waals surface area contributed by atoms with Gasteiger partial charge in [-0.3, -0.25) is 0 Å². The maximum Gasteiger partial charge on any atom is 0.0177 e. The summed E-state index contributed by atoms with van der Waals surface area (Å²) in [7, 11) is 0. The van der Waals surface area contributed by atoms with Crippen molar-refractivity contribution in [1.82, 2.24) is 5.32 Å². The van der Waals surface area contributed by atoms with Gasteiger partial charge in [0.1, 0.15) is 0 Å². The van der Waals surface area contributed by atoms with Gasteiger partial charge in [0.25, 0.3) is 0 Å². The summed E-state index contributed by atoms with van der Waals surface area (Å²) < 4.78 is 1.21. The van der Waals surface area contributed by atoms with E-state index < -0.39 is 0 Å². The Morgan fingerprint density at radius 2 is 2.00 bits per heavy atom. The van der Waals surface area contributed by atoms with E-state index in [1.807, 2.05) is 0 Å². The Balaban J connectivity index is 1.76. The minimum absolute atomic E-state index is 0.793. The van der Waals surface area contributed by atoms with Crippen LogP contribution in [-0.4, -0.2) is 12.6 Å². The van der Waals surface area contributed by atoms with Crippen LogP contribution in [0.4, 0.5) is 0 Å². The zero-order chi connectivity index (χ0) is 14.9. The quantitative estimate of drug-likeness (QED) is 0.502. The van der Waals surface area contributed by atoms with Crippen molar-refractivity contribution in [2.75, 3.05) is 6.54 Å². The van der Waals surface area contributed by atoms with Gasteiger partial charge in [0.15, 0.2) is 0 Å². The molecule has 1 unspecified atom stereocenters. The lowest BCUT2D eigenvalue weighted by atomic mass is 9.93. The molecular weight excluding hydrogens is 322 g/mol. The highest BCUT2D eigenvalue weighted by Gasteiger charge is 2.21. The van der Waals surface area contributed by atoms with Crippen molar-refractivity contribution in [2.45, 2.75) is 70.8 Å². The fourth-order valence-corrected chi connectivity index (χ4v) is 3.38. The molecule has 1 aromatic rings. The first kappa shape index (κ1) is 17.0. The first-order valence-corrected chi connectivity index (χ1v) is 9.55. The topological polar surface area (TPSA) is 12.0 Å². The molecule has 0 aliphatic heterocycles. The molecule has 2 rings (SSSR count). The van der Waals surface area contributed by atoms with Crippen LogP contribution in [0.2, 0.25) is 0 Å². The second-order valence-electron chi connectivity index (χ2n) is 6.59. The smallest absolute Gasteiger partial charge is 0.0177 e. The van der Waals surface area contributed by atoms with Gasteiger partial charge in [-0.05, 0) is 55.8 Å². The molecule has 0 bridgehead atoms. The zero-order valence-electron chi connectivity index (χ0n) is 13.4. The van der Waals surface area contributed by atoms with E-state index in [0.717, 1.165) is 12.0 Å². The predicted octanol–water partition coefficient (Wildman–Crippen LogP) is 5.72. The molecule has 2 heteroatoms.